The van der Waals surface area contributed by atoms with Crippen molar-refractivity contribution in [1.29, 1.82) is 0 Å². The molecule has 1 aliphatic rings. The standard InChI is InChI=1S/C29H26N2O6S/c1-5-37-28(34)24-16(2)30-29-31(26(24)25-19-9-7-6-8-18(19)11-13-21(25)35-3)27(33)23(38-29)15-17-10-12-20(32)22(14-17)36-4/h6-15,26,32H,5H2,1-4H3/t26-/m1/s1. The second-order valence-corrected chi connectivity index (χ2v) is 9.65. The maximum atomic E-state index is 14.0. The average Bonchev–Trinajstić information content (AvgIpc) is 3.22. The molecule has 2 heterocycles. The van der Waals surface area contributed by atoms with Gasteiger partial charge in [0.2, 0.25) is 0 Å². The summed E-state index contributed by atoms with van der Waals surface area (Å²) in [5.74, 6) is 0.309. The lowest BCUT2D eigenvalue weighted by molar-refractivity contribution is -0.139. The number of thiazole rings is 1. The SMILES string of the molecule is CCOC(=O)C1=C(C)N=c2sc(=Cc3ccc(O)c(OC)c3)c(=O)n2[C@H]1c1c(OC)ccc2ccccc12. The van der Waals surface area contributed by atoms with Crippen LogP contribution in [0.15, 0.2) is 75.7 Å². The average molecular weight is 531 g/mol. The molecule has 0 fully saturated rings. The monoisotopic (exact) mass is 530 g/mol. The fourth-order valence-corrected chi connectivity index (χ4v) is 5.78. The molecule has 38 heavy (non-hydrogen) atoms. The van der Waals surface area contributed by atoms with Crippen molar-refractivity contribution >= 4 is 34.2 Å². The van der Waals surface area contributed by atoms with Crippen molar-refractivity contribution in [2.75, 3.05) is 20.8 Å². The zero-order valence-electron chi connectivity index (χ0n) is 21.3. The minimum absolute atomic E-state index is 0.00358. The molecule has 0 saturated carbocycles. The highest BCUT2D eigenvalue weighted by Gasteiger charge is 2.36. The van der Waals surface area contributed by atoms with Gasteiger partial charge in [-0.2, -0.15) is 0 Å². The Labute approximate surface area is 222 Å². The third-order valence-corrected chi connectivity index (χ3v) is 7.43. The number of benzene rings is 3. The largest absolute Gasteiger partial charge is 0.504 e. The van der Waals surface area contributed by atoms with Gasteiger partial charge in [0.05, 0.1) is 36.6 Å². The van der Waals surface area contributed by atoms with Crippen LogP contribution in [0.3, 0.4) is 0 Å². The van der Waals surface area contributed by atoms with Crippen LogP contribution in [0, 0.1) is 0 Å². The van der Waals surface area contributed by atoms with Crippen LogP contribution in [0.1, 0.15) is 31.0 Å². The van der Waals surface area contributed by atoms with Crippen molar-refractivity contribution in [3.05, 3.63) is 96.7 Å². The first-order valence-corrected chi connectivity index (χ1v) is 12.8. The zero-order chi connectivity index (χ0) is 27.0. The van der Waals surface area contributed by atoms with Gasteiger partial charge in [0, 0.05) is 5.56 Å². The van der Waals surface area contributed by atoms with E-state index >= 15 is 0 Å². The summed E-state index contributed by atoms with van der Waals surface area (Å²) in [6, 6.07) is 15.6. The van der Waals surface area contributed by atoms with Gasteiger partial charge in [-0.05, 0) is 54.5 Å². The third-order valence-electron chi connectivity index (χ3n) is 6.44. The number of aromatic nitrogens is 1. The number of ether oxygens (including phenoxy) is 3. The van der Waals surface area contributed by atoms with Crippen molar-refractivity contribution in [1.82, 2.24) is 4.57 Å². The summed E-state index contributed by atoms with van der Waals surface area (Å²) in [6.07, 6.45) is 1.71. The molecule has 0 unspecified atom stereocenters. The molecule has 0 spiro atoms. The number of hydrogen-bond acceptors (Lipinski definition) is 8. The smallest absolute Gasteiger partial charge is 0.338 e. The first-order valence-electron chi connectivity index (χ1n) is 12.0. The fraction of sp³-hybridized carbons (Fsp3) is 0.207. The fourth-order valence-electron chi connectivity index (χ4n) is 4.74. The van der Waals surface area contributed by atoms with Crippen LogP contribution in [-0.4, -0.2) is 36.5 Å². The molecular formula is C29H26N2O6S. The lowest BCUT2D eigenvalue weighted by atomic mass is 9.90. The highest BCUT2D eigenvalue weighted by Crippen LogP contribution is 2.40. The summed E-state index contributed by atoms with van der Waals surface area (Å²) in [5.41, 5.74) is 1.80. The van der Waals surface area contributed by atoms with Gasteiger partial charge >= 0.3 is 5.97 Å². The first-order chi connectivity index (χ1) is 18.4. The predicted octanol–water partition coefficient (Wildman–Crippen LogP) is 3.67. The van der Waals surface area contributed by atoms with E-state index in [1.165, 1.54) is 29.1 Å². The molecule has 3 aromatic carbocycles. The molecule has 1 aliphatic heterocycles. The number of carbonyl (C=O) groups is 1. The second-order valence-electron chi connectivity index (χ2n) is 8.64. The number of aromatic hydroxyl groups is 1. The number of esters is 1. The summed E-state index contributed by atoms with van der Waals surface area (Å²) >= 11 is 1.22. The number of methoxy groups -OCH3 is 2. The number of rotatable bonds is 6. The molecule has 5 rings (SSSR count). The summed E-state index contributed by atoms with van der Waals surface area (Å²) in [6.45, 7) is 3.67. The van der Waals surface area contributed by atoms with E-state index in [4.69, 9.17) is 14.2 Å². The van der Waals surface area contributed by atoms with Crippen molar-refractivity contribution in [3.8, 4) is 17.2 Å². The third kappa shape index (κ3) is 4.24. The van der Waals surface area contributed by atoms with E-state index in [-0.39, 0.29) is 23.5 Å². The van der Waals surface area contributed by atoms with E-state index in [1.807, 2.05) is 36.4 Å². The Balaban J connectivity index is 1.83. The number of phenolic OH excluding ortho intramolecular Hbond substituents is 1. The topological polar surface area (TPSA) is 99.4 Å². The minimum Gasteiger partial charge on any atom is -0.504 e. The molecule has 1 aromatic heterocycles. The summed E-state index contributed by atoms with van der Waals surface area (Å²) in [7, 11) is 3.03. The molecule has 4 aromatic rings. The van der Waals surface area contributed by atoms with Gasteiger partial charge in [0.1, 0.15) is 11.8 Å². The predicted molar refractivity (Wildman–Crippen MR) is 146 cm³/mol. The first kappa shape index (κ1) is 25.3. The van der Waals surface area contributed by atoms with Crippen LogP contribution in [0.25, 0.3) is 16.8 Å². The number of fused-ring (bicyclic) bond motifs is 2. The summed E-state index contributed by atoms with van der Waals surface area (Å²) in [5, 5.41) is 11.8. The Morgan fingerprint density at radius 2 is 1.87 bits per heavy atom. The van der Waals surface area contributed by atoms with Crippen LogP contribution in [-0.2, 0) is 9.53 Å². The van der Waals surface area contributed by atoms with Gasteiger partial charge in [0.15, 0.2) is 16.3 Å². The molecule has 0 bridgehead atoms. The van der Waals surface area contributed by atoms with E-state index in [1.54, 1.807) is 39.2 Å². The molecule has 0 amide bonds. The Morgan fingerprint density at radius 1 is 1.11 bits per heavy atom. The van der Waals surface area contributed by atoms with Gasteiger partial charge in [-0.1, -0.05) is 47.7 Å². The van der Waals surface area contributed by atoms with Crippen LogP contribution < -0.4 is 24.4 Å². The Morgan fingerprint density at radius 3 is 2.61 bits per heavy atom. The van der Waals surface area contributed by atoms with E-state index in [0.29, 0.717) is 37.7 Å². The Hall–Kier alpha value is -4.37. The molecule has 9 heteroatoms. The van der Waals surface area contributed by atoms with Crippen LogP contribution in [0.2, 0.25) is 0 Å². The lowest BCUT2D eigenvalue weighted by Crippen LogP contribution is -2.40. The van der Waals surface area contributed by atoms with E-state index in [9.17, 15) is 14.7 Å². The van der Waals surface area contributed by atoms with Gasteiger partial charge < -0.3 is 19.3 Å². The van der Waals surface area contributed by atoms with Crippen molar-refractivity contribution in [2.45, 2.75) is 19.9 Å². The van der Waals surface area contributed by atoms with Crippen molar-refractivity contribution < 1.29 is 24.1 Å². The van der Waals surface area contributed by atoms with Crippen molar-refractivity contribution in [2.24, 2.45) is 4.99 Å². The molecule has 1 N–H and O–H groups in total. The molecule has 0 saturated heterocycles. The lowest BCUT2D eigenvalue weighted by Gasteiger charge is -2.27. The highest BCUT2D eigenvalue weighted by atomic mass is 32.1. The number of phenols is 1. The van der Waals surface area contributed by atoms with E-state index < -0.39 is 12.0 Å². The van der Waals surface area contributed by atoms with Gasteiger partial charge in [-0.25, -0.2) is 9.79 Å². The van der Waals surface area contributed by atoms with E-state index in [0.717, 1.165) is 10.8 Å². The number of carbonyl (C=O) groups excluding carboxylic acids is 1. The zero-order valence-corrected chi connectivity index (χ0v) is 22.2. The maximum Gasteiger partial charge on any atom is 0.338 e. The highest BCUT2D eigenvalue weighted by molar-refractivity contribution is 7.07. The molecule has 0 aliphatic carbocycles. The van der Waals surface area contributed by atoms with Crippen LogP contribution in [0.5, 0.6) is 17.2 Å². The second kappa shape index (κ2) is 10.2. The van der Waals surface area contributed by atoms with Gasteiger partial charge in [0.25, 0.3) is 5.56 Å². The molecule has 1 atom stereocenters. The number of allylic oxidation sites excluding steroid dienone is 1. The molecular weight excluding hydrogens is 504 g/mol. The number of hydrogen-bond donors (Lipinski definition) is 1. The van der Waals surface area contributed by atoms with Gasteiger partial charge in [-0.15, -0.1) is 0 Å². The minimum atomic E-state index is -0.817. The maximum absolute atomic E-state index is 14.0. The van der Waals surface area contributed by atoms with Crippen molar-refractivity contribution in [3.63, 3.8) is 0 Å². The normalized spacial score (nSPS) is 15.3. The molecule has 194 valence electrons. The Bertz CT molecular complexity index is 1780. The Kier molecular flexibility index (Phi) is 6.77. The number of nitrogens with zero attached hydrogens (tertiary/aromatic N) is 2. The van der Waals surface area contributed by atoms with E-state index in [2.05, 4.69) is 4.99 Å². The summed E-state index contributed by atoms with van der Waals surface area (Å²) < 4.78 is 18.4. The molecule has 0 radical (unpaired) electrons. The quantitative estimate of drug-likeness (QED) is 0.382. The molecule has 8 nitrogen and oxygen atoms in total. The van der Waals surface area contributed by atoms with Gasteiger partial charge in [-0.3, -0.25) is 9.36 Å². The van der Waals surface area contributed by atoms with Crippen LogP contribution in [0.4, 0.5) is 0 Å². The van der Waals surface area contributed by atoms with Crippen LogP contribution >= 0.6 is 11.3 Å². The summed E-state index contributed by atoms with van der Waals surface area (Å²) in [4.78, 5) is 32.4.